The first kappa shape index (κ1) is 17.3. The summed E-state index contributed by atoms with van der Waals surface area (Å²) >= 11 is 6.91. The van der Waals surface area contributed by atoms with Crippen LogP contribution in [0.4, 0.5) is 10.8 Å². The number of likely N-dealkylation sites (N-methyl/N-ethyl adjacent to an activating group) is 1. The normalized spacial score (nSPS) is 10.4. The number of nitrogens with one attached hydrogen (secondary N) is 1. The molecule has 0 aliphatic heterocycles. The van der Waals surface area contributed by atoms with E-state index in [1.807, 2.05) is 66.0 Å². The summed E-state index contributed by atoms with van der Waals surface area (Å²) in [6, 6.07) is 13.9. The van der Waals surface area contributed by atoms with E-state index >= 15 is 0 Å². The highest BCUT2D eigenvalue weighted by Crippen LogP contribution is 2.24. The third-order valence-electron chi connectivity index (χ3n) is 3.73. The predicted octanol–water partition coefficient (Wildman–Crippen LogP) is 3.66. The van der Waals surface area contributed by atoms with Gasteiger partial charge in [-0.3, -0.25) is 4.98 Å². The molecule has 0 saturated carbocycles. The van der Waals surface area contributed by atoms with Gasteiger partial charge in [0.15, 0.2) is 10.2 Å². The number of nitrogen functional groups attached to an aromatic ring is 1. The highest BCUT2D eigenvalue weighted by Gasteiger charge is 2.07. The molecule has 0 aliphatic carbocycles. The van der Waals surface area contributed by atoms with Gasteiger partial charge >= 0.3 is 0 Å². The summed E-state index contributed by atoms with van der Waals surface area (Å²) in [5, 5.41) is 6.47. The Morgan fingerprint density at radius 2 is 2.04 bits per heavy atom. The third kappa shape index (κ3) is 4.74. The van der Waals surface area contributed by atoms with Gasteiger partial charge in [-0.1, -0.05) is 18.2 Å². The lowest BCUT2D eigenvalue weighted by atomic mass is 10.1. The number of rotatable bonds is 5. The molecule has 0 spiro atoms. The van der Waals surface area contributed by atoms with E-state index in [0.717, 1.165) is 35.6 Å². The van der Waals surface area contributed by atoms with Crippen molar-refractivity contribution in [1.82, 2.24) is 14.9 Å². The molecule has 2 aromatic heterocycles. The molecule has 3 rings (SSSR count). The van der Waals surface area contributed by atoms with Crippen LogP contribution < -0.4 is 11.1 Å². The summed E-state index contributed by atoms with van der Waals surface area (Å²) in [4.78, 5) is 10.6. The van der Waals surface area contributed by atoms with E-state index in [-0.39, 0.29) is 0 Å². The molecule has 0 unspecified atom stereocenters. The zero-order valence-corrected chi connectivity index (χ0v) is 15.5. The first-order valence-electron chi connectivity index (χ1n) is 7.85. The maximum absolute atomic E-state index is 5.68. The topological polar surface area (TPSA) is 67.1 Å². The number of thiocarbonyl (C=S) groups is 1. The molecule has 7 heteroatoms. The van der Waals surface area contributed by atoms with Crippen molar-refractivity contribution in [3.63, 3.8) is 0 Å². The highest BCUT2D eigenvalue weighted by atomic mass is 32.1. The molecule has 0 fully saturated rings. The second-order valence-corrected chi connectivity index (χ2v) is 6.85. The monoisotopic (exact) mass is 369 g/mol. The van der Waals surface area contributed by atoms with E-state index in [0.29, 0.717) is 10.2 Å². The fourth-order valence-corrected chi connectivity index (χ4v) is 3.07. The summed E-state index contributed by atoms with van der Waals surface area (Å²) < 4.78 is 0. The van der Waals surface area contributed by atoms with E-state index in [1.165, 1.54) is 11.3 Å². The number of anilines is 2. The number of nitrogens with zero attached hydrogens (tertiary/aromatic N) is 3. The molecule has 0 saturated heterocycles. The van der Waals surface area contributed by atoms with Crippen LogP contribution in [0.3, 0.4) is 0 Å². The van der Waals surface area contributed by atoms with Crippen LogP contribution >= 0.6 is 23.6 Å². The van der Waals surface area contributed by atoms with Crippen LogP contribution in [0.2, 0.25) is 0 Å². The Kier molecular flexibility index (Phi) is 5.57. The molecule has 0 aliphatic rings. The molecule has 1 aromatic carbocycles. The van der Waals surface area contributed by atoms with Gasteiger partial charge in [0.2, 0.25) is 0 Å². The predicted molar refractivity (Wildman–Crippen MR) is 109 cm³/mol. The van der Waals surface area contributed by atoms with Crippen LogP contribution in [-0.4, -0.2) is 33.6 Å². The summed E-state index contributed by atoms with van der Waals surface area (Å²) in [6.07, 6.45) is 2.66. The summed E-state index contributed by atoms with van der Waals surface area (Å²) in [5.74, 6) is 0. The lowest BCUT2D eigenvalue weighted by Gasteiger charge is -2.21. The lowest BCUT2D eigenvalue weighted by molar-refractivity contribution is 0.512. The highest BCUT2D eigenvalue weighted by molar-refractivity contribution is 7.80. The van der Waals surface area contributed by atoms with Crippen molar-refractivity contribution < 1.29 is 0 Å². The molecule has 0 amide bonds. The van der Waals surface area contributed by atoms with E-state index in [1.54, 1.807) is 0 Å². The van der Waals surface area contributed by atoms with E-state index in [2.05, 4.69) is 15.3 Å². The molecule has 5 nitrogen and oxygen atoms in total. The van der Waals surface area contributed by atoms with Gasteiger partial charge in [-0.2, -0.15) is 0 Å². The van der Waals surface area contributed by atoms with Crippen molar-refractivity contribution in [3.8, 4) is 11.3 Å². The molecular weight excluding hydrogens is 350 g/mol. The fraction of sp³-hybridized carbons (Fsp3) is 0.167. The summed E-state index contributed by atoms with van der Waals surface area (Å²) in [7, 11) is 1.98. The maximum atomic E-state index is 5.68. The van der Waals surface area contributed by atoms with Crippen molar-refractivity contribution in [3.05, 3.63) is 59.7 Å². The van der Waals surface area contributed by atoms with Crippen molar-refractivity contribution in [2.45, 2.75) is 6.42 Å². The zero-order chi connectivity index (χ0) is 17.6. The number of benzene rings is 1. The SMILES string of the molecule is CN(CCc1ccccn1)C(=S)Nc1ccc(-c2csc(N)n2)cc1. The Morgan fingerprint density at radius 1 is 1.24 bits per heavy atom. The van der Waals surface area contributed by atoms with Crippen LogP contribution in [0.25, 0.3) is 11.3 Å². The van der Waals surface area contributed by atoms with Crippen LogP contribution in [0.1, 0.15) is 5.69 Å². The van der Waals surface area contributed by atoms with E-state index in [9.17, 15) is 0 Å². The Balaban J connectivity index is 1.55. The van der Waals surface area contributed by atoms with Crippen molar-refractivity contribution in [2.24, 2.45) is 0 Å². The third-order valence-corrected chi connectivity index (χ3v) is 4.82. The van der Waals surface area contributed by atoms with Gasteiger partial charge in [-0.25, -0.2) is 4.98 Å². The zero-order valence-electron chi connectivity index (χ0n) is 13.8. The second kappa shape index (κ2) is 8.04. The quantitative estimate of drug-likeness (QED) is 0.669. The number of pyridine rings is 1. The van der Waals surface area contributed by atoms with Crippen LogP contribution in [-0.2, 0) is 6.42 Å². The van der Waals surface area contributed by atoms with Gasteiger partial charge in [0, 0.05) is 48.5 Å². The lowest BCUT2D eigenvalue weighted by Crippen LogP contribution is -2.32. The number of hydrogen-bond donors (Lipinski definition) is 2. The Morgan fingerprint density at radius 3 is 2.68 bits per heavy atom. The molecule has 3 aromatic rings. The summed E-state index contributed by atoms with van der Waals surface area (Å²) in [6.45, 7) is 0.805. The first-order chi connectivity index (χ1) is 12.1. The van der Waals surface area contributed by atoms with Crippen molar-refractivity contribution >= 4 is 39.5 Å². The average Bonchev–Trinajstić information content (AvgIpc) is 3.07. The van der Waals surface area contributed by atoms with Crippen LogP contribution in [0.15, 0.2) is 54.0 Å². The van der Waals surface area contributed by atoms with Gasteiger partial charge in [-0.05, 0) is 36.5 Å². The molecule has 3 N–H and O–H groups in total. The van der Waals surface area contributed by atoms with Gasteiger partial charge in [-0.15, -0.1) is 11.3 Å². The van der Waals surface area contributed by atoms with Gasteiger partial charge in [0.05, 0.1) is 5.69 Å². The van der Waals surface area contributed by atoms with Crippen LogP contribution in [0.5, 0.6) is 0 Å². The van der Waals surface area contributed by atoms with Gasteiger partial charge in [0.25, 0.3) is 0 Å². The molecule has 0 bridgehead atoms. The average molecular weight is 370 g/mol. The molecule has 0 atom stereocenters. The molecule has 128 valence electrons. The Hall–Kier alpha value is -2.51. The number of nitrogens with two attached hydrogens (primary N) is 1. The molecule has 25 heavy (non-hydrogen) atoms. The largest absolute Gasteiger partial charge is 0.375 e. The number of thiazole rings is 1. The van der Waals surface area contributed by atoms with Gasteiger partial charge < -0.3 is 16.0 Å². The van der Waals surface area contributed by atoms with E-state index < -0.39 is 0 Å². The minimum atomic E-state index is 0.577. The maximum Gasteiger partial charge on any atom is 0.180 e. The molecule has 0 radical (unpaired) electrons. The fourth-order valence-electron chi connectivity index (χ4n) is 2.29. The smallest absolute Gasteiger partial charge is 0.180 e. The number of hydrogen-bond acceptors (Lipinski definition) is 5. The van der Waals surface area contributed by atoms with E-state index in [4.69, 9.17) is 18.0 Å². The van der Waals surface area contributed by atoms with Crippen LogP contribution in [0, 0.1) is 0 Å². The Bertz CT molecular complexity index is 830. The minimum absolute atomic E-state index is 0.577. The standard InChI is InChI=1S/C18H19N5S2/c1-23(11-9-14-4-2-3-10-20-14)18(24)21-15-7-5-13(6-8-15)16-12-25-17(19)22-16/h2-8,10,12H,9,11H2,1H3,(H2,19,22)(H,21,24). The first-order valence-corrected chi connectivity index (χ1v) is 9.14. The van der Waals surface area contributed by atoms with Crippen molar-refractivity contribution in [2.75, 3.05) is 24.6 Å². The minimum Gasteiger partial charge on any atom is -0.375 e. The second-order valence-electron chi connectivity index (χ2n) is 5.57. The Labute approximate surface area is 156 Å². The summed E-state index contributed by atoms with van der Waals surface area (Å²) in [5.41, 5.74) is 9.62. The van der Waals surface area contributed by atoms with Gasteiger partial charge in [0.1, 0.15) is 0 Å². The molecular formula is C18H19N5S2. The molecule has 2 heterocycles. The van der Waals surface area contributed by atoms with Crippen molar-refractivity contribution in [1.29, 1.82) is 0 Å². The number of aromatic nitrogens is 2.